The van der Waals surface area contributed by atoms with Gasteiger partial charge in [-0.1, -0.05) is 29.8 Å². The molecule has 0 amide bonds. The molecule has 2 heterocycles. The Bertz CT molecular complexity index is 1400. The number of hydrogen-bond acceptors (Lipinski definition) is 3. The predicted molar refractivity (Wildman–Crippen MR) is 111 cm³/mol. The van der Waals surface area contributed by atoms with Gasteiger partial charge in [0.15, 0.2) is 11.2 Å². The number of aromatic nitrogens is 4. The number of benzene rings is 2. The van der Waals surface area contributed by atoms with E-state index in [1.165, 1.54) is 27.6 Å². The van der Waals surface area contributed by atoms with E-state index < -0.39 is 23.0 Å². The van der Waals surface area contributed by atoms with Gasteiger partial charge in [0.1, 0.15) is 0 Å². The van der Waals surface area contributed by atoms with E-state index in [1.54, 1.807) is 31.2 Å². The zero-order valence-electron chi connectivity index (χ0n) is 16.2. The average Bonchev–Trinajstić information content (AvgIpc) is 3.11. The molecule has 0 aliphatic rings. The molecule has 0 saturated carbocycles. The van der Waals surface area contributed by atoms with Crippen molar-refractivity contribution in [2.45, 2.75) is 26.2 Å². The Kier molecular flexibility index (Phi) is 5.22. The molecule has 0 saturated heterocycles. The number of halogens is 4. The summed E-state index contributed by atoms with van der Waals surface area (Å²) in [5, 5.41) is 0.398. The second-order valence-electron chi connectivity index (χ2n) is 6.89. The molecule has 6 nitrogen and oxygen atoms in total. The maximum Gasteiger partial charge on any atom is 0.416 e. The molecule has 31 heavy (non-hydrogen) atoms. The molecule has 0 spiro atoms. The van der Waals surface area contributed by atoms with Crippen LogP contribution in [0.5, 0.6) is 0 Å². The Labute approximate surface area is 178 Å². The average molecular weight is 449 g/mol. The summed E-state index contributed by atoms with van der Waals surface area (Å²) in [7, 11) is 0. The highest BCUT2D eigenvalue weighted by Gasteiger charge is 2.30. The Hall–Kier alpha value is -3.33. The van der Waals surface area contributed by atoms with E-state index in [2.05, 4.69) is 4.98 Å². The molecule has 0 unspecified atom stereocenters. The lowest BCUT2D eigenvalue weighted by atomic mass is 10.1. The van der Waals surface area contributed by atoms with E-state index in [9.17, 15) is 22.8 Å². The third-order valence-electron chi connectivity index (χ3n) is 4.89. The van der Waals surface area contributed by atoms with Crippen molar-refractivity contribution in [2.75, 3.05) is 0 Å². The summed E-state index contributed by atoms with van der Waals surface area (Å²) in [4.78, 5) is 30.2. The van der Waals surface area contributed by atoms with Crippen LogP contribution in [-0.4, -0.2) is 18.7 Å². The van der Waals surface area contributed by atoms with Crippen LogP contribution in [0.25, 0.3) is 16.9 Å². The molecule has 4 aromatic rings. The third-order valence-corrected chi connectivity index (χ3v) is 5.13. The SMILES string of the molecule is CCn1c(=O)c2c(ncn2Cc2cccc(C(F)(F)F)c2)n(-c2cccc(Cl)c2)c1=O. The predicted octanol–water partition coefficient (Wildman–Crippen LogP) is 4.09. The standard InChI is InChI=1S/C21H16ClF3N4O2/c1-2-28-19(30)17-18(29(20(28)31)16-8-4-7-15(22)10-16)26-12-27(17)11-13-5-3-6-14(9-13)21(23,24)25/h3-10,12H,2,11H2,1H3. The minimum absolute atomic E-state index is 0.0207. The molecule has 0 N–H and O–H groups in total. The van der Waals surface area contributed by atoms with Crippen LogP contribution < -0.4 is 11.2 Å². The smallest absolute Gasteiger partial charge is 0.320 e. The first-order chi connectivity index (χ1) is 14.7. The summed E-state index contributed by atoms with van der Waals surface area (Å²) in [5.74, 6) is 0. The topological polar surface area (TPSA) is 61.8 Å². The first kappa shape index (κ1) is 20.9. The van der Waals surface area contributed by atoms with Crippen molar-refractivity contribution >= 4 is 22.8 Å². The van der Waals surface area contributed by atoms with Gasteiger partial charge in [0.2, 0.25) is 0 Å². The van der Waals surface area contributed by atoms with Crippen LogP contribution in [0, 0.1) is 0 Å². The maximum absolute atomic E-state index is 13.1. The minimum atomic E-state index is -4.48. The Morgan fingerprint density at radius 3 is 2.48 bits per heavy atom. The van der Waals surface area contributed by atoms with Crippen LogP contribution in [0.4, 0.5) is 13.2 Å². The van der Waals surface area contributed by atoms with Crippen LogP contribution in [-0.2, 0) is 19.3 Å². The van der Waals surface area contributed by atoms with Gasteiger partial charge in [-0.3, -0.25) is 9.36 Å². The fourth-order valence-corrected chi connectivity index (χ4v) is 3.65. The summed E-state index contributed by atoms with van der Waals surface area (Å²) in [5.41, 5.74) is -0.938. The second kappa shape index (κ2) is 7.73. The molecule has 4 rings (SSSR count). The molecule has 10 heteroatoms. The van der Waals surface area contributed by atoms with E-state index in [1.807, 2.05) is 0 Å². The molecular weight excluding hydrogens is 433 g/mol. The van der Waals surface area contributed by atoms with Gasteiger partial charge >= 0.3 is 11.9 Å². The number of nitrogens with zero attached hydrogens (tertiary/aromatic N) is 4. The molecule has 0 aliphatic carbocycles. The zero-order chi connectivity index (χ0) is 22.3. The number of rotatable bonds is 4. The molecule has 0 atom stereocenters. The van der Waals surface area contributed by atoms with Crippen molar-refractivity contribution < 1.29 is 13.2 Å². The van der Waals surface area contributed by atoms with Gasteiger partial charge < -0.3 is 4.57 Å². The summed E-state index contributed by atoms with van der Waals surface area (Å²) in [6, 6.07) is 11.4. The number of fused-ring (bicyclic) bond motifs is 1. The Morgan fingerprint density at radius 1 is 1.06 bits per heavy atom. The van der Waals surface area contributed by atoms with Crippen molar-refractivity contribution in [3.8, 4) is 5.69 Å². The van der Waals surface area contributed by atoms with E-state index in [0.29, 0.717) is 16.3 Å². The van der Waals surface area contributed by atoms with E-state index >= 15 is 0 Å². The van der Waals surface area contributed by atoms with Crippen LogP contribution in [0.15, 0.2) is 64.4 Å². The van der Waals surface area contributed by atoms with Gasteiger partial charge in [-0.25, -0.2) is 14.3 Å². The molecular formula is C21H16ClF3N4O2. The Balaban J connectivity index is 1.93. The maximum atomic E-state index is 13.1. The molecule has 0 radical (unpaired) electrons. The van der Waals surface area contributed by atoms with Gasteiger partial charge in [0.05, 0.1) is 17.6 Å². The highest BCUT2D eigenvalue weighted by atomic mass is 35.5. The molecule has 0 aliphatic heterocycles. The van der Waals surface area contributed by atoms with Crippen molar-refractivity contribution in [3.05, 3.63) is 91.8 Å². The van der Waals surface area contributed by atoms with E-state index in [4.69, 9.17) is 11.6 Å². The monoisotopic (exact) mass is 448 g/mol. The minimum Gasteiger partial charge on any atom is -0.320 e. The van der Waals surface area contributed by atoms with Gasteiger partial charge in [0.25, 0.3) is 5.56 Å². The lowest BCUT2D eigenvalue weighted by molar-refractivity contribution is -0.137. The summed E-state index contributed by atoms with van der Waals surface area (Å²) in [6.45, 7) is 1.75. The van der Waals surface area contributed by atoms with Crippen molar-refractivity contribution in [2.24, 2.45) is 0 Å². The normalized spacial score (nSPS) is 11.9. The van der Waals surface area contributed by atoms with Crippen molar-refractivity contribution in [1.29, 1.82) is 0 Å². The first-order valence-corrected chi connectivity index (χ1v) is 9.71. The fourth-order valence-electron chi connectivity index (χ4n) is 3.47. The summed E-state index contributed by atoms with van der Waals surface area (Å²) in [6.07, 6.45) is -3.14. The van der Waals surface area contributed by atoms with Crippen LogP contribution in [0.2, 0.25) is 5.02 Å². The van der Waals surface area contributed by atoms with E-state index in [0.717, 1.165) is 16.7 Å². The highest BCUT2D eigenvalue weighted by Crippen LogP contribution is 2.29. The van der Waals surface area contributed by atoms with Crippen molar-refractivity contribution in [3.63, 3.8) is 0 Å². The van der Waals surface area contributed by atoms with Crippen LogP contribution in [0.3, 0.4) is 0 Å². The number of hydrogen-bond donors (Lipinski definition) is 0. The first-order valence-electron chi connectivity index (χ1n) is 9.33. The van der Waals surface area contributed by atoms with Gasteiger partial charge in [-0.2, -0.15) is 13.2 Å². The molecule has 160 valence electrons. The largest absolute Gasteiger partial charge is 0.416 e. The van der Waals surface area contributed by atoms with Crippen LogP contribution in [0.1, 0.15) is 18.1 Å². The van der Waals surface area contributed by atoms with E-state index in [-0.39, 0.29) is 24.3 Å². The molecule has 0 bridgehead atoms. The third kappa shape index (κ3) is 3.76. The lowest BCUT2D eigenvalue weighted by Gasteiger charge is -2.12. The van der Waals surface area contributed by atoms with Gasteiger partial charge in [-0.15, -0.1) is 0 Å². The lowest BCUT2D eigenvalue weighted by Crippen LogP contribution is -2.39. The fraction of sp³-hybridized carbons (Fsp3) is 0.190. The van der Waals surface area contributed by atoms with Gasteiger partial charge in [0, 0.05) is 18.1 Å². The number of imidazole rings is 1. The quantitative estimate of drug-likeness (QED) is 0.472. The highest BCUT2D eigenvalue weighted by molar-refractivity contribution is 6.30. The summed E-state index contributed by atoms with van der Waals surface area (Å²) >= 11 is 6.07. The molecule has 2 aromatic heterocycles. The number of alkyl halides is 3. The second-order valence-corrected chi connectivity index (χ2v) is 7.33. The zero-order valence-corrected chi connectivity index (χ0v) is 17.0. The molecule has 0 fully saturated rings. The molecule has 2 aromatic carbocycles. The summed E-state index contributed by atoms with van der Waals surface area (Å²) < 4.78 is 42.9. The van der Waals surface area contributed by atoms with Crippen LogP contribution >= 0.6 is 11.6 Å². The van der Waals surface area contributed by atoms with Crippen molar-refractivity contribution in [1.82, 2.24) is 18.7 Å². The Morgan fingerprint density at radius 2 is 1.81 bits per heavy atom. The van der Waals surface area contributed by atoms with Gasteiger partial charge in [-0.05, 0) is 42.8 Å².